The van der Waals surface area contributed by atoms with Gasteiger partial charge in [0.1, 0.15) is 5.82 Å². The van der Waals surface area contributed by atoms with Crippen molar-refractivity contribution in [1.82, 2.24) is 9.97 Å². The highest BCUT2D eigenvalue weighted by Gasteiger charge is 2.06. The van der Waals surface area contributed by atoms with Gasteiger partial charge in [-0.2, -0.15) is 4.98 Å². The maximum Gasteiger partial charge on any atom is 0.239 e. The third-order valence-corrected chi connectivity index (χ3v) is 3.01. The van der Waals surface area contributed by atoms with E-state index < -0.39 is 0 Å². The minimum Gasteiger partial charge on any atom is -0.493 e. The van der Waals surface area contributed by atoms with Crippen molar-refractivity contribution < 1.29 is 9.47 Å². The molecule has 1 heterocycles. The Morgan fingerprint density at radius 1 is 1.19 bits per heavy atom. The molecule has 0 fully saturated rings. The Morgan fingerprint density at radius 2 is 1.95 bits per heavy atom. The Kier molecular flexibility index (Phi) is 4.78. The van der Waals surface area contributed by atoms with Crippen molar-refractivity contribution in [2.75, 3.05) is 25.0 Å². The summed E-state index contributed by atoms with van der Waals surface area (Å²) in [5, 5.41) is 3.25. The number of nitrogen functional groups attached to an aromatic ring is 1. The molecule has 2 aromatic rings. The normalized spacial score (nSPS) is 10.1. The molecule has 0 radical (unpaired) electrons. The number of aromatic nitrogens is 2. The van der Waals surface area contributed by atoms with Gasteiger partial charge in [0.15, 0.2) is 11.5 Å². The summed E-state index contributed by atoms with van der Waals surface area (Å²) in [6.45, 7) is 2.53. The van der Waals surface area contributed by atoms with E-state index in [1.807, 2.05) is 25.1 Å². The van der Waals surface area contributed by atoms with E-state index in [0.717, 1.165) is 16.9 Å². The fourth-order valence-electron chi connectivity index (χ4n) is 1.87. The van der Waals surface area contributed by atoms with E-state index in [0.29, 0.717) is 24.0 Å². The van der Waals surface area contributed by atoms with Crippen molar-refractivity contribution in [3.8, 4) is 11.5 Å². The lowest BCUT2D eigenvalue weighted by atomic mass is 10.2. The van der Waals surface area contributed by atoms with E-state index in [4.69, 9.17) is 15.3 Å². The van der Waals surface area contributed by atoms with Crippen LogP contribution in [0.5, 0.6) is 11.5 Å². The smallest absolute Gasteiger partial charge is 0.239 e. The summed E-state index contributed by atoms with van der Waals surface area (Å²) in [4.78, 5) is 8.31. The predicted octanol–water partition coefficient (Wildman–Crippen LogP) is 1.70. The Balaban J connectivity index is 2.13. The van der Waals surface area contributed by atoms with Crippen LogP contribution in [0.3, 0.4) is 0 Å². The van der Waals surface area contributed by atoms with E-state index in [2.05, 4.69) is 20.7 Å². The molecule has 0 unspecified atom stereocenters. The number of nitrogens with one attached hydrogen (secondary N) is 2. The second-order valence-corrected chi connectivity index (χ2v) is 4.41. The minimum absolute atomic E-state index is 0.371. The van der Waals surface area contributed by atoms with Crippen molar-refractivity contribution in [2.24, 2.45) is 5.84 Å². The number of aryl methyl sites for hydroxylation is 1. The van der Waals surface area contributed by atoms with E-state index in [1.165, 1.54) is 0 Å². The summed E-state index contributed by atoms with van der Waals surface area (Å²) in [5.41, 5.74) is 4.42. The number of rotatable bonds is 6. The van der Waals surface area contributed by atoms with Crippen LogP contribution in [0.4, 0.5) is 11.8 Å². The lowest BCUT2D eigenvalue weighted by Crippen LogP contribution is -2.12. The monoisotopic (exact) mass is 289 g/mol. The Hall–Kier alpha value is -2.54. The van der Waals surface area contributed by atoms with E-state index >= 15 is 0 Å². The topological polar surface area (TPSA) is 94.3 Å². The molecule has 1 aromatic heterocycles. The highest BCUT2D eigenvalue weighted by molar-refractivity contribution is 5.48. The molecule has 1 aromatic carbocycles. The van der Waals surface area contributed by atoms with Crippen LogP contribution in [-0.4, -0.2) is 24.2 Å². The lowest BCUT2D eigenvalue weighted by molar-refractivity contribution is 0.354. The molecular weight excluding hydrogens is 270 g/mol. The minimum atomic E-state index is 0.371. The highest BCUT2D eigenvalue weighted by atomic mass is 16.5. The second-order valence-electron chi connectivity index (χ2n) is 4.41. The van der Waals surface area contributed by atoms with Gasteiger partial charge in [-0.1, -0.05) is 6.07 Å². The van der Waals surface area contributed by atoms with Gasteiger partial charge in [-0.25, -0.2) is 10.8 Å². The number of hydrogen-bond donors (Lipinski definition) is 3. The van der Waals surface area contributed by atoms with Gasteiger partial charge in [0.2, 0.25) is 5.95 Å². The van der Waals surface area contributed by atoms with Crippen LogP contribution < -0.4 is 26.1 Å². The number of methoxy groups -OCH3 is 2. The number of ether oxygens (including phenoxy) is 2. The first-order valence-electron chi connectivity index (χ1n) is 6.43. The molecular formula is C14H19N5O2. The molecule has 0 atom stereocenters. The Bertz CT molecular complexity index is 618. The number of benzene rings is 1. The molecule has 2 rings (SSSR count). The van der Waals surface area contributed by atoms with E-state index in [9.17, 15) is 0 Å². The number of hydrazine groups is 1. The van der Waals surface area contributed by atoms with Crippen LogP contribution in [0, 0.1) is 6.92 Å². The van der Waals surface area contributed by atoms with Gasteiger partial charge >= 0.3 is 0 Å². The number of nitrogens with two attached hydrogens (primary N) is 1. The summed E-state index contributed by atoms with van der Waals surface area (Å²) in [6, 6.07) is 5.76. The lowest BCUT2D eigenvalue weighted by Gasteiger charge is -2.12. The Morgan fingerprint density at radius 3 is 2.62 bits per heavy atom. The van der Waals surface area contributed by atoms with Gasteiger partial charge in [0, 0.05) is 18.3 Å². The SMILES string of the molecule is COc1ccc(CNc2nc(NN)ncc2C)cc1OC. The van der Waals surface area contributed by atoms with Gasteiger partial charge in [0.25, 0.3) is 0 Å². The van der Waals surface area contributed by atoms with Crippen LogP contribution in [0.2, 0.25) is 0 Å². The molecule has 0 saturated carbocycles. The highest BCUT2D eigenvalue weighted by Crippen LogP contribution is 2.27. The number of anilines is 2. The summed E-state index contributed by atoms with van der Waals surface area (Å²) in [6.07, 6.45) is 1.71. The first-order valence-corrected chi connectivity index (χ1v) is 6.43. The van der Waals surface area contributed by atoms with Crippen molar-refractivity contribution in [1.29, 1.82) is 0 Å². The molecule has 0 amide bonds. The molecule has 0 aliphatic heterocycles. The largest absolute Gasteiger partial charge is 0.493 e. The van der Waals surface area contributed by atoms with Crippen LogP contribution >= 0.6 is 0 Å². The first kappa shape index (κ1) is 14.9. The molecule has 4 N–H and O–H groups in total. The van der Waals surface area contributed by atoms with Crippen molar-refractivity contribution in [3.05, 3.63) is 35.5 Å². The quantitative estimate of drug-likeness (QED) is 0.550. The third-order valence-electron chi connectivity index (χ3n) is 3.01. The second kappa shape index (κ2) is 6.76. The maximum atomic E-state index is 5.31. The zero-order chi connectivity index (χ0) is 15.2. The fraction of sp³-hybridized carbons (Fsp3) is 0.286. The first-order chi connectivity index (χ1) is 10.2. The van der Waals surface area contributed by atoms with Gasteiger partial charge < -0.3 is 14.8 Å². The molecule has 0 aliphatic carbocycles. The molecule has 0 saturated heterocycles. The maximum absolute atomic E-state index is 5.31. The summed E-state index contributed by atoms with van der Waals surface area (Å²) in [5.74, 6) is 7.81. The standard InChI is InChI=1S/C14H19N5O2/c1-9-7-17-14(19-15)18-13(9)16-8-10-4-5-11(20-2)12(6-10)21-3/h4-7H,8,15H2,1-3H3,(H2,16,17,18,19). The average Bonchev–Trinajstić information content (AvgIpc) is 2.53. The molecule has 0 aliphatic rings. The van der Waals surface area contributed by atoms with Crippen LogP contribution in [0.1, 0.15) is 11.1 Å². The average molecular weight is 289 g/mol. The van der Waals surface area contributed by atoms with E-state index in [1.54, 1.807) is 20.4 Å². The summed E-state index contributed by atoms with van der Waals surface area (Å²) >= 11 is 0. The third kappa shape index (κ3) is 3.51. The Labute approximate surface area is 123 Å². The zero-order valence-electron chi connectivity index (χ0n) is 12.3. The molecule has 21 heavy (non-hydrogen) atoms. The van der Waals surface area contributed by atoms with Gasteiger partial charge in [-0.15, -0.1) is 0 Å². The van der Waals surface area contributed by atoms with Crippen molar-refractivity contribution in [3.63, 3.8) is 0 Å². The summed E-state index contributed by atoms with van der Waals surface area (Å²) < 4.78 is 10.5. The zero-order valence-corrected chi connectivity index (χ0v) is 12.3. The van der Waals surface area contributed by atoms with Gasteiger partial charge in [0.05, 0.1) is 14.2 Å². The van der Waals surface area contributed by atoms with Gasteiger partial charge in [-0.3, -0.25) is 5.43 Å². The molecule has 112 valence electrons. The van der Waals surface area contributed by atoms with Crippen LogP contribution in [0.25, 0.3) is 0 Å². The fourth-order valence-corrected chi connectivity index (χ4v) is 1.87. The number of hydrogen-bond acceptors (Lipinski definition) is 7. The van der Waals surface area contributed by atoms with Crippen LogP contribution in [0.15, 0.2) is 24.4 Å². The molecule has 0 spiro atoms. The number of nitrogens with zero attached hydrogens (tertiary/aromatic N) is 2. The van der Waals surface area contributed by atoms with Crippen molar-refractivity contribution in [2.45, 2.75) is 13.5 Å². The summed E-state index contributed by atoms with van der Waals surface area (Å²) in [7, 11) is 3.23. The molecule has 7 nitrogen and oxygen atoms in total. The molecule has 0 bridgehead atoms. The predicted molar refractivity (Wildman–Crippen MR) is 81.5 cm³/mol. The molecule has 7 heteroatoms. The van der Waals surface area contributed by atoms with Crippen LogP contribution in [-0.2, 0) is 6.54 Å². The van der Waals surface area contributed by atoms with E-state index in [-0.39, 0.29) is 0 Å². The van der Waals surface area contributed by atoms with Crippen molar-refractivity contribution >= 4 is 11.8 Å². The van der Waals surface area contributed by atoms with Gasteiger partial charge in [-0.05, 0) is 24.6 Å².